The molecule has 4 rings (SSSR count). The van der Waals surface area contributed by atoms with Gasteiger partial charge in [-0.15, -0.1) is 0 Å². The second-order valence-corrected chi connectivity index (χ2v) is 9.41. The van der Waals surface area contributed by atoms with Crippen molar-refractivity contribution in [3.63, 3.8) is 0 Å². The number of carbonyl (C=O) groups is 2. The van der Waals surface area contributed by atoms with Gasteiger partial charge in [-0.05, 0) is 110 Å². The molecular weight excluding hydrogens is 464 g/mol. The monoisotopic (exact) mass is 494 g/mol. The van der Waals surface area contributed by atoms with Crippen molar-refractivity contribution >= 4 is 12.3 Å². The standard InChI is InChI=1S/C32H30O5/c1-19-14-26(15-20(2)30(19)34)23(5)27-16-21(3)31(22(4)17-27)37-32(35)25-8-12-29(13-9-25)36-28-10-6-24(18-33)7-11-28/h6-18,23,34H,1-5H3. The maximum atomic E-state index is 12.9. The van der Waals surface area contributed by atoms with Crippen LogP contribution in [0.2, 0.25) is 0 Å². The second-order valence-electron chi connectivity index (χ2n) is 9.41. The van der Waals surface area contributed by atoms with Crippen LogP contribution in [-0.4, -0.2) is 17.4 Å². The molecule has 0 fully saturated rings. The van der Waals surface area contributed by atoms with Crippen LogP contribution in [0.1, 0.15) is 66.9 Å². The maximum Gasteiger partial charge on any atom is 0.343 e. The van der Waals surface area contributed by atoms with Gasteiger partial charge in [0.1, 0.15) is 29.3 Å². The van der Waals surface area contributed by atoms with E-state index in [-0.39, 0.29) is 5.92 Å². The van der Waals surface area contributed by atoms with E-state index in [9.17, 15) is 14.7 Å². The minimum atomic E-state index is -0.446. The van der Waals surface area contributed by atoms with E-state index in [0.29, 0.717) is 34.1 Å². The van der Waals surface area contributed by atoms with Gasteiger partial charge in [-0.2, -0.15) is 0 Å². The molecule has 0 saturated carbocycles. The highest BCUT2D eigenvalue weighted by atomic mass is 16.5. The SMILES string of the molecule is Cc1cc(C(C)c2cc(C)c(OC(=O)c3ccc(Oc4ccc(C=O)cc4)cc3)c(C)c2)cc(C)c1O. The fourth-order valence-electron chi connectivity index (χ4n) is 4.39. The first kappa shape index (κ1) is 25.7. The number of ether oxygens (including phenoxy) is 2. The summed E-state index contributed by atoms with van der Waals surface area (Å²) in [5.41, 5.74) is 6.68. The van der Waals surface area contributed by atoms with Gasteiger partial charge in [0.2, 0.25) is 0 Å². The zero-order valence-corrected chi connectivity index (χ0v) is 21.7. The molecule has 0 aliphatic rings. The molecule has 0 saturated heterocycles. The molecule has 188 valence electrons. The fraction of sp³-hybridized carbons (Fsp3) is 0.188. The van der Waals surface area contributed by atoms with Gasteiger partial charge >= 0.3 is 5.97 Å². The van der Waals surface area contributed by atoms with E-state index in [1.165, 1.54) is 0 Å². The summed E-state index contributed by atoms with van der Waals surface area (Å²) >= 11 is 0. The molecule has 0 radical (unpaired) electrons. The number of rotatable bonds is 7. The molecule has 5 heteroatoms. The van der Waals surface area contributed by atoms with Crippen LogP contribution in [0.25, 0.3) is 0 Å². The van der Waals surface area contributed by atoms with Gasteiger partial charge < -0.3 is 14.6 Å². The Morgan fingerprint density at radius 3 is 1.70 bits per heavy atom. The minimum Gasteiger partial charge on any atom is -0.507 e. The molecule has 0 aliphatic carbocycles. The van der Waals surface area contributed by atoms with Crippen LogP contribution in [0.15, 0.2) is 72.8 Å². The van der Waals surface area contributed by atoms with Crippen molar-refractivity contribution in [2.75, 3.05) is 0 Å². The molecule has 0 amide bonds. The highest BCUT2D eigenvalue weighted by Crippen LogP contribution is 2.34. The third-order valence-electron chi connectivity index (χ3n) is 6.53. The van der Waals surface area contributed by atoms with Crippen LogP contribution in [0.4, 0.5) is 0 Å². The van der Waals surface area contributed by atoms with E-state index in [1.54, 1.807) is 48.5 Å². The molecule has 4 aromatic carbocycles. The lowest BCUT2D eigenvalue weighted by molar-refractivity contribution is 0.0732. The first-order chi connectivity index (χ1) is 17.7. The fourth-order valence-corrected chi connectivity index (χ4v) is 4.39. The largest absolute Gasteiger partial charge is 0.507 e. The van der Waals surface area contributed by atoms with Crippen molar-refractivity contribution < 1.29 is 24.2 Å². The summed E-state index contributed by atoms with van der Waals surface area (Å²) in [4.78, 5) is 23.7. The maximum absolute atomic E-state index is 12.9. The second kappa shape index (κ2) is 10.7. The van der Waals surface area contributed by atoms with Crippen LogP contribution >= 0.6 is 0 Å². The summed E-state index contributed by atoms with van der Waals surface area (Å²) in [6.07, 6.45) is 0.777. The van der Waals surface area contributed by atoms with Gasteiger partial charge in [-0.3, -0.25) is 4.79 Å². The predicted octanol–water partition coefficient (Wildman–Crippen LogP) is 7.60. The van der Waals surface area contributed by atoms with Crippen molar-refractivity contribution in [3.05, 3.63) is 117 Å². The molecule has 0 spiro atoms. The summed E-state index contributed by atoms with van der Waals surface area (Å²) < 4.78 is 11.6. The molecule has 0 heterocycles. The smallest absolute Gasteiger partial charge is 0.343 e. The lowest BCUT2D eigenvalue weighted by Crippen LogP contribution is -2.11. The highest BCUT2D eigenvalue weighted by Gasteiger charge is 2.17. The zero-order valence-electron chi connectivity index (χ0n) is 21.7. The molecule has 4 aromatic rings. The lowest BCUT2D eigenvalue weighted by atomic mass is 9.88. The Balaban J connectivity index is 1.48. The van der Waals surface area contributed by atoms with E-state index in [4.69, 9.17) is 9.47 Å². The van der Waals surface area contributed by atoms with Crippen LogP contribution in [0, 0.1) is 27.7 Å². The predicted molar refractivity (Wildman–Crippen MR) is 144 cm³/mol. The molecule has 5 nitrogen and oxygen atoms in total. The molecule has 0 aliphatic heterocycles. The van der Waals surface area contributed by atoms with Crippen LogP contribution < -0.4 is 9.47 Å². The summed E-state index contributed by atoms with van der Waals surface area (Å²) in [7, 11) is 0. The number of aromatic hydroxyl groups is 1. The number of carbonyl (C=O) groups excluding carboxylic acids is 2. The zero-order chi connectivity index (χ0) is 26.7. The molecular formula is C32H30O5. The Morgan fingerprint density at radius 1 is 0.757 bits per heavy atom. The molecule has 1 atom stereocenters. The van der Waals surface area contributed by atoms with E-state index in [0.717, 1.165) is 39.7 Å². The molecule has 1 unspecified atom stereocenters. The topological polar surface area (TPSA) is 72.8 Å². The van der Waals surface area contributed by atoms with E-state index >= 15 is 0 Å². The molecule has 0 bridgehead atoms. The first-order valence-electron chi connectivity index (χ1n) is 12.1. The lowest BCUT2D eigenvalue weighted by Gasteiger charge is -2.19. The van der Waals surface area contributed by atoms with Crippen molar-refractivity contribution in [2.45, 2.75) is 40.5 Å². The minimum absolute atomic E-state index is 0.113. The van der Waals surface area contributed by atoms with Crippen molar-refractivity contribution in [1.82, 2.24) is 0 Å². The van der Waals surface area contributed by atoms with Gasteiger partial charge in [0, 0.05) is 11.5 Å². The van der Waals surface area contributed by atoms with Crippen molar-refractivity contribution in [1.29, 1.82) is 0 Å². The first-order valence-corrected chi connectivity index (χ1v) is 12.1. The number of benzene rings is 4. The molecule has 1 N–H and O–H groups in total. The van der Waals surface area contributed by atoms with E-state index in [1.807, 2.05) is 52.0 Å². The average molecular weight is 495 g/mol. The number of phenolic OH excluding ortho intramolecular Hbond substituents is 1. The number of esters is 1. The van der Waals surface area contributed by atoms with Crippen LogP contribution in [0.3, 0.4) is 0 Å². The highest BCUT2D eigenvalue weighted by molar-refractivity contribution is 5.91. The number of hydrogen-bond donors (Lipinski definition) is 1. The summed E-state index contributed by atoms with van der Waals surface area (Å²) in [6.45, 7) is 9.81. The Labute approximate surface area is 217 Å². The third kappa shape index (κ3) is 5.72. The number of aldehydes is 1. The Morgan fingerprint density at radius 2 is 1.22 bits per heavy atom. The normalized spacial score (nSPS) is 11.6. The molecule has 0 aromatic heterocycles. The van der Waals surface area contributed by atoms with Gasteiger partial charge in [-0.25, -0.2) is 4.79 Å². The van der Waals surface area contributed by atoms with E-state index < -0.39 is 5.97 Å². The van der Waals surface area contributed by atoms with Gasteiger partial charge in [0.15, 0.2) is 0 Å². The summed E-state index contributed by atoms with van der Waals surface area (Å²) in [5, 5.41) is 10.1. The van der Waals surface area contributed by atoms with Gasteiger partial charge in [-0.1, -0.05) is 31.2 Å². The van der Waals surface area contributed by atoms with Crippen LogP contribution in [-0.2, 0) is 0 Å². The average Bonchev–Trinajstić information content (AvgIpc) is 2.89. The number of aryl methyl sites for hydroxylation is 4. The Bertz CT molecular complexity index is 1400. The third-order valence-corrected chi connectivity index (χ3v) is 6.53. The van der Waals surface area contributed by atoms with E-state index in [2.05, 4.69) is 6.92 Å². The van der Waals surface area contributed by atoms with Crippen molar-refractivity contribution in [2.24, 2.45) is 0 Å². The number of hydrogen-bond acceptors (Lipinski definition) is 5. The summed E-state index contributed by atoms with van der Waals surface area (Å²) in [5.74, 6) is 1.72. The Kier molecular flexibility index (Phi) is 7.44. The van der Waals surface area contributed by atoms with Gasteiger partial charge in [0.05, 0.1) is 5.56 Å². The molecule has 37 heavy (non-hydrogen) atoms. The summed E-state index contributed by atoms with van der Waals surface area (Å²) in [6, 6.07) is 21.6. The number of phenols is 1. The quantitative estimate of drug-likeness (QED) is 0.163. The van der Waals surface area contributed by atoms with Crippen molar-refractivity contribution in [3.8, 4) is 23.0 Å². The Hall–Kier alpha value is -4.38. The van der Waals surface area contributed by atoms with Crippen LogP contribution in [0.5, 0.6) is 23.0 Å². The van der Waals surface area contributed by atoms with Gasteiger partial charge in [0.25, 0.3) is 0 Å².